The Hall–Kier alpha value is -2.50. The summed E-state index contributed by atoms with van der Waals surface area (Å²) >= 11 is 0. The number of pyridine rings is 1. The van der Waals surface area contributed by atoms with E-state index in [4.69, 9.17) is 5.73 Å². The van der Waals surface area contributed by atoms with E-state index in [9.17, 15) is 4.79 Å². The fourth-order valence-corrected chi connectivity index (χ4v) is 2.71. The molecular formula is C16H19N5O. The molecule has 6 heteroatoms. The molecule has 0 radical (unpaired) electrons. The molecule has 3 rings (SSSR count). The monoisotopic (exact) mass is 297 g/mol. The van der Waals surface area contributed by atoms with E-state index in [0.29, 0.717) is 23.9 Å². The summed E-state index contributed by atoms with van der Waals surface area (Å²) in [5.74, 6) is 1.18. The molecule has 2 N–H and O–H groups in total. The van der Waals surface area contributed by atoms with E-state index < -0.39 is 0 Å². The molecule has 0 aliphatic carbocycles. The van der Waals surface area contributed by atoms with Gasteiger partial charge in [0.05, 0.1) is 0 Å². The lowest BCUT2D eigenvalue weighted by Gasteiger charge is -2.32. The van der Waals surface area contributed by atoms with Crippen molar-refractivity contribution in [1.29, 1.82) is 0 Å². The van der Waals surface area contributed by atoms with Crippen molar-refractivity contribution in [3.63, 3.8) is 0 Å². The number of carbonyl (C=O) groups is 1. The van der Waals surface area contributed by atoms with Crippen LogP contribution in [0, 0.1) is 12.8 Å². The summed E-state index contributed by atoms with van der Waals surface area (Å²) in [5, 5.41) is 0. The zero-order valence-electron chi connectivity index (χ0n) is 12.6. The van der Waals surface area contributed by atoms with Gasteiger partial charge in [-0.25, -0.2) is 4.98 Å². The molecule has 1 aliphatic heterocycles. The summed E-state index contributed by atoms with van der Waals surface area (Å²) < 4.78 is 0. The van der Waals surface area contributed by atoms with Crippen LogP contribution in [0.15, 0.2) is 30.7 Å². The van der Waals surface area contributed by atoms with Crippen LogP contribution in [0.5, 0.6) is 0 Å². The quantitative estimate of drug-likeness (QED) is 0.870. The minimum atomic E-state index is -0.0518. The van der Waals surface area contributed by atoms with Crippen molar-refractivity contribution < 1.29 is 4.79 Å². The SMILES string of the molecule is Cc1cnc(N2CCC[C@H](C(=O)c3cccnc3)C2)nc1N. The molecule has 1 atom stereocenters. The summed E-state index contributed by atoms with van der Waals surface area (Å²) in [5.41, 5.74) is 7.39. The number of rotatable bonds is 3. The first-order valence-electron chi connectivity index (χ1n) is 7.43. The van der Waals surface area contributed by atoms with E-state index in [0.717, 1.165) is 24.9 Å². The number of nitrogens with two attached hydrogens (primary N) is 1. The van der Waals surface area contributed by atoms with E-state index in [1.165, 1.54) is 0 Å². The van der Waals surface area contributed by atoms with Gasteiger partial charge in [0.2, 0.25) is 5.95 Å². The molecule has 2 aromatic rings. The van der Waals surface area contributed by atoms with Crippen LogP contribution < -0.4 is 10.6 Å². The predicted octanol–water partition coefficient (Wildman–Crippen LogP) is 1.86. The Morgan fingerprint density at radius 1 is 1.41 bits per heavy atom. The molecule has 3 heterocycles. The Kier molecular flexibility index (Phi) is 4.00. The average molecular weight is 297 g/mol. The Morgan fingerprint density at radius 3 is 3.00 bits per heavy atom. The third-order valence-corrected chi connectivity index (χ3v) is 4.02. The second-order valence-electron chi connectivity index (χ2n) is 5.63. The molecule has 0 saturated carbocycles. The van der Waals surface area contributed by atoms with Crippen LogP contribution >= 0.6 is 0 Å². The third-order valence-electron chi connectivity index (χ3n) is 4.02. The number of aromatic nitrogens is 3. The number of anilines is 2. The molecule has 114 valence electrons. The van der Waals surface area contributed by atoms with Gasteiger partial charge >= 0.3 is 0 Å². The zero-order valence-corrected chi connectivity index (χ0v) is 12.6. The van der Waals surface area contributed by atoms with Gasteiger partial charge in [0.1, 0.15) is 5.82 Å². The minimum Gasteiger partial charge on any atom is -0.383 e. The van der Waals surface area contributed by atoms with Gasteiger partial charge < -0.3 is 10.6 Å². The number of nitrogens with zero attached hydrogens (tertiary/aromatic N) is 4. The average Bonchev–Trinajstić information content (AvgIpc) is 2.57. The minimum absolute atomic E-state index is 0.0518. The van der Waals surface area contributed by atoms with Crippen LogP contribution in [0.3, 0.4) is 0 Å². The number of carbonyl (C=O) groups excluding carboxylic acids is 1. The molecule has 6 nitrogen and oxygen atoms in total. The number of nitrogen functional groups attached to an aromatic ring is 1. The van der Waals surface area contributed by atoms with E-state index in [1.807, 2.05) is 17.9 Å². The summed E-state index contributed by atoms with van der Waals surface area (Å²) in [7, 11) is 0. The van der Waals surface area contributed by atoms with Crippen molar-refractivity contribution >= 4 is 17.5 Å². The second kappa shape index (κ2) is 6.09. The maximum Gasteiger partial charge on any atom is 0.227 e. The highest BCUT2D eigenvalue weighted by Crippen LogP contribution is 2.24. The number of hydrogen-bond donors (Lipinski definition) is 1. The Balaban J connectivity index is 1.76. The van der Waals surface area contributed by atoms with Crippen molar-refractivity contribution in [2.24, 2.45) is 5.92 Å². The molecule has 0 amide bonds. The Labute approximate surface area is 129 Å². The Morgan fingerprint density at radius 2 is 2.27 bits per heavy atom. The van der Waals surface area contributed by atoms with Gasteiger partial charge in [-0.3, -0.25) is 9.78 Å². The fourth-order valence-electron chi connectivity index (χ4n) is 2.71. The lowest BCUT2D eigenvalue weighted by atomic mass is 9.91. The van der Waals surface area contributed by atoms with Gasteiger partial charge in [-0.15, -0.1) is 0 Å². The van der Waals surface area contributed by atoms with Crippen LogP contribution in [0.4, 0.5) is 11.8 Å². The van der Waals surface area contributed by atoms with Gasteiger partial charge in [-0.1, -0.05) is 0 Å². The van der Waals surface area contributed by atoms with Crippen molar-refractivity contribution in [3.8, 4) is 0 Å². The number of Topliss-reactive ketones (excluding diaryl/α,β-unsaturated/α-hetero) is 1. The highest BCUT2D eigenvalue weighted by molar-refractivity contribution is 5.98. The molecule has 0 bridgehead atoms. The second-order valence-corrected chi connectivity index (χ2v) is 5.63. The van der Waals surface area contributed by atoms with Crippen LogP contribution in [0.2, 0.25) is 0 Å². The Bertz CT molecular complexity index is 673. The maximum atomic E-state index is 12.6. The fraction of sp³-hybridized carbons (Fsp3) is 0.375. The molecule has 0 unspecified atom stereocenters. The van der Waals surface area contributed by atoms with Crippen LogP contribution in [0.1, 0.15) is 28.8 Å². The van der Waals surface area contributed by atoms with Crippen molar-refractivity contribution in [2.45, 2.75) is 19.8 Å². The number of aryl methyl sites for hydroxylation is 1. The summed E-state index contributed by atoms with van der Waals surface area (Å²) in [4.78, 5) is 27.3. The van der Waals surface area contributed by atoms with Crippen molar-refractivity contribution in [2.75, 3.05) is 23.7 Å². The van der Waals surface area contributed by atoms with Crippen LogP contribution in [0.25, 0.3) is 0 Å². The molecular weight excluding hydrogens is 278 g/mol. The van der Waals surface area contributed by atoms with E-state index in [1.54, 1.807) is 24.7 Å². The first-order valence-corrected chi connectivity index (χ1v) is 7.43. The largest absolute Gasteiger partial charge is 0.383 e. The molecule has 2 aromatic heterocycles. The van der Waals surface area contributed by atoms with Gasteiger partial charge in [0.25, 0.3) is 0 Å². The standard InChI is InChI=1S/C16H19N5O/c1-11-8-19-16(20-15(11)17)21-7-3-5-13(10-21)14(22)12-4-2-6-18-9-12/h2,4,6,8-9,13H,3,5,7,10H2,1H3,(H2,17,19,20)/t13-/m0/s1. The topological polar surface area (TPSA) is 85.0 Å². The first kappa shape index (κ1) is 14.4. The van der Waals surface area contributed by atoms with E-state index in [-0.39, 0.29) is 11.7 Å². The molecule has 1 saturated heterocycles. The smallest absolute Gasteiger partial charge is 0.227 e. The maximum absolute atomic E-state index is 12.6. The van der Waals surface area contributed by atoms with E-state index in [2.05, 4.69) is 15.0 Å². The highest BCUT2D eigenvalue weighted by atomic mass is 16.1. The number of piperidine rings is 1. The summed E-state index contributed by atoms with van der Waals surface area (Å²) in [6.45, 7) is 3.35. The van der Waals surface area contributed by atoms with Crippen LogP contribution in [-0.4, -0.2) is 33.8 Å². The first-order chi connectivity index (χ1) is 10.6. The van der Waals surface area contributed by atoms with Gasteiger partial charge in [0.15, 0.2) is 5.78 Å². The molecule has 0 aromatic carbocycles. The molecule has 22 heavy (non-hydrogen) atoms. The van der Waals surface area contributed by atoms with Crippen molar-refractivity contribution in [3.05, 3.63) is 41.9 Å². The summed E-state index contributed by atoms with van der Waals surface area (Å²) in [6, 6.07) is 3.60. The molecule has 0 spiro atoms. The summed E-state index contributed by atoms with van der Waals surface area (Å²) in [6.07, 6.45) is 6.85. The third kappa shape index (κ3) is 2.90. The van der Waals surface area contributed by atoms with E-state index >= 15 is 0 Å². The molecule has 1 fully saturated rings. The lowest BCUT2D eigenvalue weighted by molar-refractivity contribution is 0.0906. The predicted molar refractivity (Wildman–Crippen MR) is 84.7 cm³/mol. The normalized spacial score (nSPS) is 18.2. The number of hydrogen-bond acceptors (Lipinski definition) is 6. The van der Waals surface area contributed by atoms with Crippen molar-refractivity contribution in [1.82, 2.24) is 15.0 Å². The van der Waals surface area contributed by atoms with Gasteiger partial charge in [-0.05, 0) is 31.9 Å². The van der Waals surface area contributed by atoms with Crippen LogP contribution in [-0.2, 0) is 0 Å². The highest BCUT2D eigenvalue weighted by Gasteiger charge is 2.28. The zero-order chi connectivity index (χ0) is 15.5. The molecule has 1 aliphatic rings. The van der Waals surface area contributed by atoms with Gasteiger partial charge in [0, 0.05) is 48.7 Å². The van der Waals surface area contributed by atoms with Gasteiger partial charge in [-0.2, -0.15) is 4.98 Å². The number of ketones is 1. The lowest BCUT2D eigenvalue weighted by Crippen LogP contribution is -2.39.